The van der Waals surface area contributed by atoms with Gasteiger partial charge >= 0.3 is 6.03 Å². The Labute approximate surface area is 152 Å². The Kier molecular flexibility index (Phi) is 7.95. The summed E-state index contributed by atoms with van der Waals surface area (Å²) in [4.78, 5) is 27.1. The smallest absolute Gasteiger partial charge is 0.315 e. The Balaban J connectivity index is 1.65. The molecule has 138 valence electrons. The summed E-state index contributed by atoms with van der Waals surface area (Å²) in [5.41, 5.74) is 4.31. The molecular formula is C19H23N3O4. The highest BCUT2D eigenvalue weighted by Gasteiger charge is 2.04. The third-order valence-corrected chi connectivity index (χ3v) is 3.50. The average molecular weight is 357 g/mol. The molecule has 2 aromatic rings. The van der Waals surface area contributed by atoms with Gasteiger partial charge in [0.1, 0.15) is 18.9 Å². The summed E-state index contributed by atoms with van der Waals surface area (Å²) in [7, 11) is 1.33. The van der Waals surface area contributed by atoms with Crippen molar-refractivity contribution in [2.75, 3.05) is 20.2 Å². The van der Waals surface area contributed by atoms with Gasteiger partial charge in [-0.25, -0.2) is 10.3 Å². The van der Waals surface area contributed by atoms with Crippen molar-refractivity contribution in [3.05, 3.63) is 65.7 Å². The molecular weight excluding hydrogens is 334 g/mol. The van der Waals surface area contributed by atoms with Gasteiger partial charge in [-0.05, 0) is 29.7 Å². The van der Waals surface area contributed by atoms with Crippen molar-refractivity contribution >= 4 is 11.9 Å². The molecule has 0 unspecified atom stereocenters. The van der Waals surface area contributed by atoms with Gasteiger partial charge in [0.05, 0.1) is 7.11 Å². The molecule has 0 atom stereocenters. The van der Waals surface area contributed by atoms with Crippen molar-refractivity contribution in [2.24, 2.45) is 0 Å². The highest BCUT2D eigenvalue weighted by atomic mass is 16.6. The first-order valence-corrected chi connectivity index (χ1v) is 8.26. The molecule has 7 nitrogen and oxygen atoms in total. The van der Waals surface area contributed by atoms with Crippen LogP contribution in [-0.4, -0.2) is 32.1 Å². The summed E-state index contributed by atoms with van der Waals surface area (Å²) in [6, 6.07) is 17.3. The Morgan fingerprint density at radius 1 is 0.923 bits per heavy atom. The monoisotopic (exact) mass is 357 g/mol. The van der Waals surface area contributed by atoms with Crippen LogP contribution in [0.4, 0.5) is 4.79 Å². The van der Waals surface area contributed by atoms with Crippen LogP contribution in [0.2, 0.25) is 0 Å². The summed E-state index contributed by atoms with van der Waals surface area (Å²) in [5.74, 6) is 0.376. The second kappa shape index (κ2) is 10.7. The van der Waals surface area contributed by atoms with E-state index in [-0.39, 0.29) is 6.54 Å². The van der Waals surface area contributed by atoms with E-state index in [0.717, 1.165) is 16.9 Å². The number of amides is 3. The minimum Gasteiger partial charge on any atom is -0.489 e. The van der Waals surface area contributed by atoms with Gasteiger partial charge in [-0.1, -0.05) is 42.5 Å². The van der Waals surface area contributed by atoms with E-state index in [9.17, 15) is 9.59 Å². The predicted octanol–water partition coefficient (Wildman–Crippen LogP) is 1.78. The lowest BCUT2D eigenvalue weighted by Gasteiger charge is -2.09. The van der Waals surface area contributed by atoms with E-state index in [4.69, 9.17) is 4.74 Å². The van der Waals surface area contributed by atoms with Crippen LogP contribution in [0.3, 0.4) is 0 Å². The van der Waals surface area contributed by atoms with Crippen molar-refractivity contribution in [3.8, 4) is 5.75 Å². The second-order valence-corrected chi connectivity index (χ2v) is 5.51. The fourth-order valence-corrected chi connectivity index (χ4v) is 2.19. The maximum atomic E-state index is 11.6. The Morgan fingerprint density at radius 2 is 1.65 bits per heavy atom. The molecule has 3 amide bonds. The van der Waals surface area contributed by atoms with Crippen molar-refractivity contribution in [1.29, 1.82) is 0 Å². The van der Waals surface area contributed by atoms with E-state index >= 15 is 0 Å². The third-order valence-electron chi connectivity index (χ3n) is 3.50. The number of hydrogen-bond acceptors (Lipinski definition) is 4. The van der Waals surface area contributed by atoms with Crippen LogP contribution in [0.25, 0.3) is 0 Å². The number of carbonyl (C=O) groups excluding carboxylic acids is 2. The standard InChI is InChI=1S/C19H23N3O4/c1-25-22-18(23)13-21-19(24)20-12-11-15-7-9-17(10-8-15)26-14-16-5-3-2-4-6-16/h2-10H,11-14H2,1H3,(H,22,23)(H2,20,21,24). The lowest BCUT2D eigenvalue weighted by molar-refractivity contribution is -0.130. The van der Waals surface area contributed by atoms with Gasteiger partial charge in [0, 0.05) is 6.54 Å². The topological polar surface area (TPSA) is 88.7 Å². The number of benzene rings is 2. The molecule has 0 heterocycles. The summed E-state index contributed by atoms with van der Waals surface area (Å²) in [6.45, 7) is 0.841. The molecule has 2 aromatic carbocycles. The van der Waals surface area contributed by atoms with Gasteiger partial charge in [-0.2, -0.15) is 0 Å². The zero-order chi connectivity index (χ0) is 18.6. The Morgan fingerprint density at radius 3 is 2.35 bits per heavy atom. The molecule has 26 heavy (non-hydrogen) atoms. The van der Waals surface area contributed by atoms with Gasteiger partial charge in [0.2, 0.25) is 0 Å². The van der Waals surface area contributed by atoms with Crippen LogP contribution in [0.15, 0.2) is 54.6 Å². The van der Waals surface area contributed by atoms with Crippen LogP contribution in [0.1, 0.15) is 11.1 Å². The maximum Gasteiger partial charge on any atom is 0.315 e. The third kappa shape index (κ3) is 7.23. The van der Waals surface area contributed by atoms with Gasteiger partial charge in [-0.3, -0.25) is 9.63 Å². The van der Waals surface area contributed by atoms with Crippen molar-refractivity contribution in [3.63, 3.8) is 0 Å². The fraction of sp³-hybridized carbons (Fsp3) is 0.263. The van der Waals surface area contributed by atoms with E-state index in [1.165, 1.54) is 7.11 Å². The quantitative estimate of drug-likeness (QED) is 0.597. The van der Waals surface area contributed by atoms with Crippen molar-refractivity contribution in [2.45, 2.75) is 13.0 Å². The van der Waals surface area contributed by atoms with E-state index in [1.807, 2.05) is 54.6 Å². The summed E-state index contributed by atoms with van der Waals surface area (Å²) < 4.78 is 5.74. The molecule has 2 rings (SSSR count). The van der Waals surface area contributed by atoms with E-state index in [1.54, 1.807) is 0 Å². The van der Waals surface area contributed by atoms with Crippen LogP contribution >= 0.6 is 0 Å². The predicted molar refractivity (Wildman–Crippen MR) is 97.5 cm³/mol. The Bertz CT molecular complexity index is 690. The molecule has 0 aliphatic heterocycles. The Hall–Kier alpha value is -3.06. The molecule has 0 aliphatic carbocycles. The summed E-state index contributed by atoms with van der Waals surface area (Å²) in [5, 5.41) is 5.12. The summed E-state index contributed by atoms with van der Waals surface area (Å²) >= 11 is 0. The largest absolute Gasteiger partial charge is 0.489 e. The lowest BCUT2D eigenvalue weighted by Crippen LogP contribution is -2.42. The maximum absolute atomic E-state index is 11.6. The first kappa shape index (κ1) is 19.3. The molecule has 7 heteroatoms. The minimum atomic E-state index is -0.422. The molecule has 0 saturated heterocycles. The van der Waals surface area contributed by atoms with Crippen LogP contribution in [0.5, 0.6) is 5.75 Å². The zero-order valence-electron chi connectivity index (χ0n) is 14.7. The molecule has 0 aliphatic rings. The molecule has 0 spiro atoms. The van der Waals surface area contributed by atoms with Crippen LogP contribution < -0.4 is 20.9 Å². The average Bonchev–Trinajstić information content (AvgIpc) is 2.67. The highest BCUT2D eigenvalue weighted by Crippen LogP contribution is 2.14. The van der Waals surface area contributed by atoms with Crippen molar-refractivity contribution in [1.82, 2.24) is 16.1 Å². The molecule has 3 N–H and O–H groups in total. The van der Waals surface area contributed by atoms with Gasteiger partial charge in [0.15, 0.2) is 0 Å². The SMILES string of the molecule is CONC(=O)CNC(=O)NCCc1ccc(OCc2ccccc2)cc1. The van der Waals surface area contributed by atoms with Gasteiger partial charge in [-0.15, -0.1) is 0 Å². The second-order valence-electron chi connectivity index (χ2n) is 5.51. The number of rotatable bonds is 9. The van der Waals surface area contributed by atoms with Crippen molar-refractivity contribution < 1.29 is 19.2 Å². The summed E-state index contributed by atoms with van der Waals surface area (Å²) in [6.07, 6.45) is 0.677. The number of hydrogen-bond donors (Lipinski definition) is 3. The zero-order valence-corrected chi connectivity index (χ0v) is 14.7. The number of ether oxygens (including phenoxy) is 1. The normalized spacial score (nSPS) is 10.0. The molecule has 0 saturated carbocycles. The number of urea groups is 1. The molecule has 0 aromatic heterocycles. The number of carbonyl (C=O) groups is 2. The number of nitrogens with one attached hydrogen (secondary N) is 3. The highest BCUT2D eigenvalue weighted by molar-refractivity contribution is 5.83. The first-order valence-electron chi connectivity index (χ1n) is 8.26. The lowest BCUT2D eigenvalue weighted by atomic mass is 10.1. The van der Waals surface area contributed by atoms with E-state index in [0.29, 0.717) is 19.6 Å². The van der Waals surface area contributed by atoms with E-state index in [2.05, 4.69) is 21.0 Å². The van der Waals surface area contributed by atoms with Crippen LogP contribution in [-0.2, 0) is 22.7 Å². The minimum absolute atomic E-state index is 0.146. The molecule has 0 bridgehead atoms. The fourth-order valence-electron chi connectivity index (χ4n) is 2.19. The van der Waals surface area contributed by atoms with Gasteiger partial charge in [0.25, 0.3) is 5.91 Å². The molecule has 0 radical (unpaired) electrons. The number of hydroxylamine groups is 1. The molecule has 0 fully saturated rings. The van der Waals surface area contributed by atoms with Crippen LogP contribution in [0, 0.1) is 0 Å². The first-order chi connectivity index (χ1) is 12.7. The van der Waals surface area contributed by atoms with E-state index < -0.39 is 11.9 Å². The van der Waals surface area contributed by atoms with Gasteiger partial charge < -0.3 is 15.4 Å².